The number of nitrogens with one attached hydrogen (secondary N) is 1. The van der Waals surface area contributed by atoms with Crippen LogP contribution >= 0.6 is 11.8 Å². The number of carboxylic acid groups (broad SMARTS) is 1. The molecule has 0 aromatic rings. The Hall–Kier alpha value is -0.910. The second-order valence-electron chi connectivity index (χ2n) is 4.48. The van der Waals surface area contributed by atoms with E-state index in [0.717, 1.165) is 25.7 Å². The largest absolute Gasteiger partial charge is 0.480 e. The fraction of sp³-hybridized carbons (Fsp3) is 0.833. The molecule has 5 nitrogen and oxygen atoms in total. The van der Waals surface area contributed by atoms with Gasteiger partial charge in [-0.2, -0.15) is 11.8 Å². The molecular formula is C12H21NO4S. The number of ether oxygens (including phenoxy) is 1. The van der Waals surface area contributed by atoms with E-state index in [-0.39, 0.29) is 6.10 Å². The lowest BCUT2D eigenvalue weighted by atomic mass is 9.98. The van der Waals surface area contributed by atoms with Gasteiger partial charge in [-0.25, -0.2) is 9.59 Å². The minimum Gasteiger partial charge on any atom is -0.480 e. The van der Waals surface area contributed by atoms with E-state index in [9.17, 15) is 9.59 Å². The lowest BCUT2D eigenvalue weighted by molar-refractivity contribution is -0.139. The van der Waals surface area contributed by atoms with E-state index >= 15 is 0 Å². The molecule has 0 spiro atoms. The third-order valence-electron chi connectivity index (χ3n) is 3.03. The predicted octanol–water partition coefficient (Wildman–Crippen LogP) is 2.25. The van der Waals surface area contributed by atoms with Gasteiger partial charge in [0.1, 0.15) is 12.1 Å². The summed E-state index contributed by atoms with van der Waals surface area (Å²) in [5, 5.41) is 11.4. The molecule has 18 heavy (non-hydrogen) atoms. The second-order valence-corrected chi connectivity index (χ2v) is 5.47. The van der Waals surface area contributed by atoms with Gasteiger partial charge in [0.25, 0.3) is 0 Å². The summed E-state index contributed by atoms with van der Waals surface area (Å²) in [7, 11) is 0. The van der Waals surface area contributed by atoms with Crippen LogP contribution in [0.1, 0.15) is 38.5 Å². The first-order valence-corrected chi connectivity index (χ1v) is 7.71. The van der Waals surface area contributed by atoms with Gasteiger partial charge in [-0.05, 0) is 44.1 Å². The number of carbonyl (C=O) groups is 2. The molecule has 104 valence electrons. The Morgan fingerprint density at radius 2 is 2.06 bits per heavy atom. The highest BCUT2D eigenvalue weighted by molar-refractivity contribution is 7.98. The Morgan fingerprint density at radius 3 is 2.61 bits per heavy atom. The zero-order chi connectivity index (χ0) is 13.4. The fourth-order valence-corrected chi connectivity index (χ4v) is 2.48. The van der Waals surface area contributed by atoms with Crippen molar-refractivity contribution in [1.29, 1.82) is 0 Å². The maximum absolute atomic E-state index is 11.6. The molecule has 0 aliphatic heterocycles. The topological polar surface area (TPSA) is 75.6 Å². The van der Waals surface area contributed by atoms with E-state index in [4.69, 9.17) is 9.84 Å². The number of hydrogen-bond donors (Lipinski definition) is 2. The van der Waals surface area contributed by atoms with E-state index in [2.05, 4.69) is 5.32 Å². The highest BCUT2D eigenvalue weighted by atomic mass is 32.2. The van der Waals surface area contributed by atoms with E-state index < -0.39 is 18.1 Å². The van der Waals surface area contributed by atoms with Crippen molar-refractivity contribution in [3.05, 3.63) is 0 Å². The summed E-state index contributed by atoms with van der Waals surface area (Å²) < 4.78 is 5.23. The number of carbonyl (C=O) groups excluding carboxylic acids is 1. The van der Waals surface area contributed by atoms with Gasteiger partial charge in [-0.1, -0.05) is 6.42 Å². The Morgan fingerprint density at radius 1 is 1.39 bits per heavy atom. The van der Waals surface area contributed by atoms with Gasteiger partial charge in [0.15, 0.2) is 0 Å². The Balaban J connectivity index is 2.32. The number of aliphatic carboxylic acids is 1. The number of hydrogen-bond acceptors (Lipinski definition) is 4. The monoisotopic (exact) mass is 275 g/mol. The molecule has 0 saturated heterocycles. The molecule has 1 unspecified atom stereocenters. The maximum atomic E-state index is 11.6. The van der Waals surface area contributed by atoms with Crippen LogP contribution in [0.15, 0.2) is 0 Å². The summed E-state index contributed by atoms with van der Waals surface area (Å²) in [5.41, 5.74) is 0. The molecule has 2 N–H and O–H groups in total. The average molecular weight is 275 g/mol. The molecule has 0 bridgehead atoms. The van der Waals surface area contributed by atoms with Crippen molar-refractivity contribution in [3.63, 3.8) is 0 Å². The zero-order valence-corrected chi connectivity index (χ0v) is 11.5. The lowest BCUT2D eigenvalue weighted by Gasteiger charge is -2.23. The van der Waals surface area contributed by atoms with E-state index in [1.54, 1.807) is 11.8 Å². The fourth-order valence-electron chi connectivity index (χ4n) is 2.00. The van der Waals surface area contributed by atoms with Crippen molar-refractivity contribution in [3.8, 4) is 0 Å². The maximum Gasteiger partial charge on any atom is 0.408 e. The first kappa shape index (κ1) is 15.1. The van der Waals surface area contributed by atoms with Crippen LogP contribution in [0.2, 0.25) is 0 Å². The minimum absolute atomic E-state index is 0.0475. The predicted molar refractivity (Wildman–Crippen MR) is 70.9 cm³/mol. The van der Waals surface area contributed by atoms with Crippen LogP contribution in [0, 0.1) is 0 Å². The minimum atomic E-state index is -1.01. The van der Waals surface area contributed by atoms with Crippen LogP contribution in [-0.2, 0) is 9.53 Å². The van der Waals surface area contributed by atoms with Gasteiger partial charge in [0.2, 0.25) is 0 Å². The van der Waals surface area contributed by atoms with Crippen LogP contribution < -0.4 is 5.32 Å². The molecule has 6 heteroatoms. The van der Waals surface area contributed by atoms with Crippen LogP contribution in [0.3, 0.4) is 0 Å². The first-order chi connectivity index (χ1) is 8.63. The number of thioether (sulfide) groups is 1. The lowest BCUT2D eigenvalue weighted by Crippen LogP contribution is -2.42. The summed E-state index contributed by atoms with van der Waals surface area (Å²) in [4.78, 5) is 22.5. The van der Waals surface area contributed by atoms with Crippen molar-refractivity contribution < 1.29 is 19.4 Å². The van der Waals surface area contributed by atoms with Gasteiger partial charge < -0.3 is 15.2 Å². The summed E-state index contributed by atoms with van der Waals surface area (Å²) >= 11 is 1.55. The standard InChI is InChI=1S/C12H21NO4S/c1-18-8-7-10(11(14)15)13-12(16)17-9-5-3-2-4-6-9/h9-10H,2-8H2,1H3,(H,13,16)(H,14,15). The Kier molecular flexibility index (Phi) is 6.93. The number of alkyl carbamates (subject to hydrolysis) is 1. The van der Waals surface area contributed by atoms with Gasteiger partial charge in [-0.15, -0.1) is 0 Å². The molecule has 0 heterocycles. The SMILES string of the molecule is CSCCC(NC(=O)OC1CCCCC1)C(=O)O. The first-order valence-electron chi connectivity index (χ1n) is 6.32. The van der Waals surface area contributed by atoms with Gasteiger partial charge in [0, 0.05) is 0 Å². The molecule has 1 fully saturated rings. The highest BCUT2D eigenvalue weighted by Gasteiger charge is 2.23. The van der Waals surface area contributed by atoms with E-state index in [0.29, 0.717) is 12.2 Å². The smallest absolute Gasteiger partial charge is 0.408 e. The Bertz CT molecular complexity index is 279. The Labute approximate surface area is 112 Å². The van der Waals surface area contributed by atoms with Gasteiger partial charge in [-0.3, -0.25) is 0 Å². The summed E-state index contributed by atoms with van der Waals surface area (Å²) in [6.07, 6.45) is 6.78. The van der Waals surface area contributed by atoms with E-state index in [1.807, 2.05) is 6.26 Å². The summed E-state index contributed by atoms with van der Waals surface area (Å²) in [6.45, 7) is 0. The summed E-state index contributed by atoms with van der Waals surface area (Å²) in [5.74, 6) is -0.314. The van der Waals surface area contributed by atoms with Crippen molar-refractivity contribution in [1.82, 2.24) is 5.32 Å². The third-order valence-corrected chi connectivity index (χ3v) is 3.67. The highest BCUT2D eigenvalue weighted by Crippen LogP contribution is 2.20. The molecule has 1 aliphatic carbocycles. The molecule has 1 amide bonds. The molecule has 0 radical (unpaired) electrons. The average Bonchev–Trinajstić information content (AvgIpc) is 2.35. The summed E-state index contributed by atoms with van der Waals surface area (Å²) in [6, 6.07) is -0.853. The van der Waals surface area contributed by atoms with E-state index in [1.165, 1.54) is 6.42 Å². The zero-order valence-electron chi connectivity index (χ0n) is 10.7. The normalized spacial score (nSPS) is 18.1. The van der Waals surface area contributed by atoms with Crippen LogP contribution in [0.5, 0.6) is 0 Å². The molecule has 0 aromatic carbocycles. The molecule has 1 aliphatic rings. The van der Waals surface area contributed by atoms with Crippen LogP contribution in [0.4, 0.5) is 4.79 Å². The molecular weight excluding hydrogens is 254 g/mol. The van der Waals surface area contributed by atoms with Gasteiger partial charge in [0.05, 0.1) is 0 Å². The van der Waals surface area contributed by atoms with Crippen molar-refractivity contribution in [2.45, 2.75) is 50.7 Å². The number of carboxylic acids is 1. The molecule has 1 saturated carbocycles. The third kappa shape index (κ3) is 5.62. The van der Waals surface area contributed by atoms with Crippen LogP contribution in [0.25, 0.3) is 0 Å². The van der Waals surface area contributed by atoms with Crippen molar-refractivity contribution in [2.75, 3.05) is 12.0 Å². The van der Waals surface area contributed by atoms with Crippen molar-refractivity contribution in [2.24, 2.45) is 0 Å². The van der Waals surface area contributed by atoms with Gasteiger partial charge >= 0.3 is 12.1 Å². The molecule has 0 aromatic heterocycles. The molecule has 1 rings (SSSR count). The number of amides is 1. The van der Waals surface area contributed by atoms with Crippen molar-refractivity contribution >= 4 is 23.8 Å². The second kappa shape index (κ2) is 8.24. The van der Waals surface area contributed by atoms with Crippen LogP contribution in [-0.4, -0.2) is 41.3 Å². The molecule has 1 atom stereocenters. The quantitative estimate of drug-likeness (QED) is 0.777. The number of rotatable bonds is 6.